The Morgan fingerprint density at radius 1 is 1.41 bits per heavy atom. The normalized spacial score (nSPS) is 30.6. The van der Waals surface area contributed by atoms with Crippen molar-refractivity contribution in [3.63, 3.8) is 0 Å². The zero-order chi connectivity index (χ0) is 12.3. The third kappa shape index (κ3) is 3.12. The molecule has 0 aromatic rings. The zero-order valence-corrected chi connectivity index (χ0v) is 10.7. The molecule has 1 saturated heterocycles. The van der Waals surface area contributed by atoms with E-state index in [0.29, 0.717) is 12.6 Å². The minimum absolute atomic E-state index is 0.0660. The van der Waals surface area contributed by atoms with E-state index in [9.17, 15) is 9.90 Å². The molecule has 0 radical (unpaired) electrons. The number of likely N-dealkylation sites (tertiary alicyclic amines) is 1. The summed E-state index contributed by atoms with van der Waals surface area (Å²) < 4.78 is 0. The number of nitrogens with zero attached hydrogens (tertiary/aromatic N) is 1. The molecular formula is C13H24N2O2. The monoisotopic (exact) mass is 240 g/mol. The largest absolute Gasteiger partial charge is 0.396 e. The smallest absolute Gasteiger partial charge is 0.317 e. The van der Waals surface area contributed by atoms with Crippen LogP contribution in [0.4, 0.5) is 4.79 Å². The summed E-state index contributed by atoms with van der Waals surface area (Å²) in [7, 11) is 0. The van der Waals surface area contributed by atoms with Crippen molar-refractivity contribution in [1.82, 2.24) is 10.2 Å². The van der Waals surface area contributed by atoms with Gasteiger partial charge < -0.3 is 15.3 Å². The molecule has 4 heteroatoms. The van der Waals surface area contributed by atoms with Crippen molar-refractivity contribution in [3.8, 4) is 0 Å². The summed E-state index contributed by atoms with van der Waals surface area (Å²) in [4.78, 5) is 14.0. The van der Waals surface area contributed by atoms with E-state index in [4.69, 9.17) is 0 Å². The highest BCUT2D eigenvalue weighted by Gasteiger charge is 2.33. The molecule has 98 valence electrons. The van der Waals surface area contributed by atoms with Crippen LogP contribution in [0.2, 0.25) is 0 Å². The van der Waals surface area contributed by atoms with Crippen LogP contribution in [0.5, 0.6) is 0 Å². The van der Waals surface area contributed by atoms with Crippen LogP contribution in [0.1, 0.15) is 45.4 Å². The Hall–Kier alpha value is -0.770. The molecule has 2 amide bonds. The molecule has 2 rings (SSSR count). The Morgan fingerprint density at radius 3 is 2.76 bits per heavy atom. The van der Waals surface area contributed by atoms with Crippen LogP contribution in [0.3, 0.4) is 0 Å². The summed E-state index contributed by atoms with van der Waals surface area (Å²) in [6, 6.07) is 0.445. The molecule has 1 unspecified atom stereocenters. The fraction of sp³-hybridized carbons (Fsp3) is 0.923. The lowest BCUT2D eigenvalue weighted by molar-refractivity contribution is 0.0608. The maximum Gasteiger partial charge on any atom is 0.317 e. The van der Waals surface area contributed by atoms with Gasteiger partial charge in [0.25, 0.3) is 0 Å². The van der Waals surface area contributed by atoms with Crippen molar-refractivity contribution in [2.24, 2.45) is 5.41 Å². The van der Waals surface area contributed by atoms with E-state index in [-0.39, 0.29) is 18.1 Å². The molecule has 0 aromatic heterocycles. The van der Waals surface area contributed by atoms with Crippen LogP contribution >= 0.6 is 0 Å². The molecule has 1 aliphatic heterocycles. The van der Waals surface area contributed by atoms with Gasteiger partial charge in [0.15, 0.2) is 0 Å². The quantitative estimate of drug-likeness (QED) is 0.772. The van der Waals surface area contributed by atoms with Crippen molar-refractivity contribution in [1.29, 1.82) is 0 Å². The Morgan fingerprint density at radius 2 is 2.12 bits per heavy atom. The SMILES string of the molecule is CC1(CO)CCCN(C(=O)NC2CCCC2)C1. The Labute approximate surface area is 103 Å². The number of amides is 2. The van der Waals surface area contributed by atoms with Gasteiger partial charge in [-0.3, -0.25) is 0 Å². The minimum Gasteiger partial charge on any atom is -0.396 e. The Kier molecular flexibility index (Phi) is 3.92. The van der Waals surface area contributed by atoms with Crippen molar-refractivity contribution >= 4 is 6.03 Å². The predicted molar refractivity (Wildman–Crippen MR) is 66.8 cm³/mol. The fourth-order valence-electron chi connectivity index (χ4n) is 2.95. The summed E-state index contributed by atoms with van der Waals surface area (Å²) in [5, 5.41) is 12.5. The molecule has 2 aliphatic rings. The third-order valence-corrected chi connectivity index (χ3v) is 4.13. The molecule has 2 N–H and O–H groups in total. The highest BCUT2D eigenvalue weighted by molar-refractivity contribution is 5.74. The van der Waals surface area contributed by atoms with Gasteiger partial charge in [-0.2, -0.15) is 0 Å². The first kappa shape index (κ1) is 12.7. The first-order chi connectivity index (χ1) is 8.13. The molecule has 0 aromatic carbocycles. The van der Waals surface area contributed by atoms with Crippen LogP contribution in [0, 0.1) is 5.41 Å². The lowest BCUT2D eigenvalue weighted by Crippen LogP contribution is -2.51. The molecule has 1 saturated carbocycles. The molecule has 0 bridgehead atoms. The molecule has 1 heterocycles. The van der Waals surface area contributed by atoms with Crippen LogP contribution < -0.4 is 5.32 Å². The first-order valence-corrected chi connectivity index (χ1v) is 6.79. The van der Waals surface area contributed by atoms with Gasteiger partial charge >= 0.3 is 6.03 Å². The van der Waals surface area contributed by atoms with Gasteiger partial charge in [0.1, 0.15) is 0 Å². The number of rotatable bonds is 2. The number of hydrogen-bond donors (Lipinski definition) is 2. The maximum atomic E-state index is 12.1. The Bertz CT molecular complexity index is 277. The summed E-state index contributed by atoms with van der Waals surface area (Å²) in [5.74, 6) is 0. The molecule has 17 heavy (non-hydrogen) atoms. The van der Waals surface area contributed by atoms with E-state index in [1.807, 2.05) is 4.90 Å². The van der Waals surface area contributed by atoms with E-state index >= 15 is 0 Å². The molecule has 1 atom stereocenters. The van der Waals surface area contributed by atoms with Gasteiger partial charge in [-0.1, -0.05) is 19.8 Å². The van der Waals surface area contributed by atoms with Crippen LogP contribution in [-0.4, -0.2) is 41.8 Å². The van der Waals surface area contributed by atoms with E-state index < -0.39 is 0 Å². The number of hydrogen-bond acceptors (Lipinski definition) is 2. The van der Waals surface area contributed by atoms with Gasteiger partial charge in [-0.25, -0.2) is 4.79 Å². The second-order valence-electron chi connectivity index (χ2n) is 5.92. The van der Waals surface area contributed by atoms with E-state index in [2.05, 4.69) is 12.2 Å². The summed E-state index contributed by atoms with van der Waals surface area (Å²) in [6.45, 7) is 3.73. The van der Waals surface area contributed by atoms with Gasteiger partial charge in [0, 0.05) is 24.5 Å². The predicted octanol–water partition coefficient (Wildman–Crippen LogP) is 1.73. The highest BCUT2D eigenvalue weighted by Crippen LogP contribution is 2.29. The second-order valence-corrected chi connectivity index (χ2v) is 5.92. The third-order valence-electron chi connectivity index (χ3n) is 4.13. The summed E-state index contributed by atoms with van der Waals surface area (Å²) in [5.41, 5.74) is -0.106. The first-order valence-electron chi connectivity index (χ1n) is 6.79. The van der Waals surface area contributed by atoms with E-state index in [1.165, 1.54) is 12.8 Å². The lowest BCUT2D eigenvalue weighted by atomic mass is 9.83. The topological polar surface area (TPSA) is 52.6 Å². The second kappa shape index (κ2) is 5.25. The van der Waals surface area contributed by atoms with E-state index in [0.717, 1.165) is 32.2 Å². The number of piperidine rings is 1. The summed E-state index contributed by atoms with van der Waals surface area (Å²) in [6.07, 6.45) is 6.72. The standard InChI is InChI=1S/C13H24N2O2/c1-13(10-16)7-4-8-15(9-13)12(17)14-11-5-2-3-6-11/h11,16H,2-10H2,1H3,(H,14,17). The van der Waals surface area contributed by atoms with Crippen molar-refractivity contribution in [2.75, 3.05) is 19.7 Å². The minimum atomic E-state index is -0.106. The van der Waals surface area contributed by atoms with Crippen molar-refractivity contribution in [2.45, 2.75) is 51.5 Å². The zero-order valence-electron chi connectivity index (χ0n) is 10.7. The van der Waals surface area contributed by atoms with Crippen molar-refractivity contribution < 1.29 is 9.90 Å². The van der Waals surface area contributed by atoms with Gasteiger partial charge in [-0.05, 0) is 25.7 Å². The van der Waals surface area contributed by atoms with Gasteiger partial charge in [0.2, 0.25) is 0 Å². The molecular weight excluding hydrogens is 216 g/mol. The number of carbonyl (C=O) groups excluding carboxylic acids is 1. The van der Waals surface area contributed by atoms with Crippen LogP contribution in [-0.2, 0) is 0 Å². The molecule has 1 aliphatic carbocycles. The molecule has 4 nitrogen and oxygen atoms in total. The van der Waals surface area contributed by atoms with Crippen molar-refractivity contribution in [3.05, 3.63) is 0 Å². The van der Waals surface area contributed by atoms with E-state index in [1.54, 1.807) is 0 Å². The maximum absolute atomic E-state index is 12.1. The van der Waals surface area contributed by atoms with Gasteiger partial charge in [0.05, 0.1) is 6.61 Å². The summed E-state index contributed by atoms with van der Waals surface area (Å²) >= 11 is 0. The highest BCUT2D eigenvalue weighted by atomic mass is 16.3. The van der Waals surface area contributed by atoms with Gasteiger partial charge in [-0.15, -0.1) is 0 Å². The lowest BCUT2D eigenvalue weighted by Gasteiger charge is -2.39. The van der Waals surface area contributed by atoms with Crippen LogP contribution in [0.15, 0.2) is 0 Å². The average Bonchev–Trinajstić information content (AvgIpc) is 2.82. The number of nitrogens with one attached hydrogen (secondary N) is 1. The van der Waals surface area contributed by atoms with Crippen LogP contribution in [0.25, 0.3) is 0 Å². The molecule has 0 spiro atoms. The average molecular weight is 240 g/mol. The number of carbonyl (C=O) groups is 1. The fourth-order valence-corrected chi connectivity index (χ4v) is 2.95. The molecule has 2 fully saturated rings. The number of aliphatic hydroxyl groups is 1. The Balaban J connectivity index is 1.86. The number of aliphatic hydroxyl groups excluding tert-OH is 1. The number of urea groups is 1.